The van der Waals surface area contributed by atoms with Crippen molar-refractivity contribution in [2.24, 2.45) is 0 Å². The van der Waals surface area contributed by atoms with Crippen molar-refractivity contribution in [2.75, 3.05) is 26.5 Å². The Hall–Kier alpha value is 0.350. The van der Waals surface area contributed by atoms with E-state index in [4.69, 9.17) is 9.05 Å². The molecule has 50 valence electrons. The van der Waals surface area contributed by atoms with Crippen LogP contribution in [-0.4, -0.2) is 26.5 Å². The van der Waals surface area contributed by atoms with E-state index in [9.17, 15) is 0 Å². The van der Waals surface area contributed by atoms with Gasteiger partial charge in [0.15, 0.2) is 0 Å². The maximum absolute atomic E-state index is 5.38. The molecule has 0 unspecified atom stereocenters. The fraction of sp³-hybridized carbons (Fsp3) is 1.00. The normalized spacial score (nSPS) is 31.8. The number of hydrogen-bond acceptors (Lipinski definition) is 2. The predicted molar refractivity (Wildman–Crippen MR) is 36.7 cm³/mol. The van der Waals surface area contributed by atoms with Crippen molar-refractivity contribution in [2.45, 2.75) is 6.42 Å². The molecular formula is C5H13O2P. The first-order valence-electron chi connectivity index (χ1n) is 2.99. The fourth-order valence-electron chi connectivity index (χ4n) is 0.737. The van der Waals surface area contributed by atoms with Crippen LogP contribution in [0.2, 0.25) is 0 Å². The Morgan fingerprint density at radius 3 is 1.88 bits per heavy atom. The molecule has 0 spiro atoms. The molecule has 0 aromatic carbocycles. The van der Waals surface area contributed by atoms with Gasteiger partial charge in [-0.2, -0.15) is 0 Å². The van der Waals surface area contributed by atoms with Gasteiger partial charge in [0.25, 0.3) is 0 Å². The second-order valence-electron chi connectivity index (χ2n) is 2.45. The van der Waals surface area contributed by atoms with E-state index in [1.165, 1.54) is 0 Å². The molecule has 1 aliphatic rings. The molecule has 0 atom stereocenters. The summed E-state index contributed by atoms with van der Waals surface area (Å²) in [5, 5.41) is 0. The third-order valence-electron chi connectivity index (χ3n) is 1.19. The quantitative estimate of drug-likeness (QED) is 0.467. The van der Waals surface area contributed by atoms with Gasteiger partial charge in [-0.3, -0.25) is 0 Å². The van der Waals surface area contributed by atoms with Crippen LogP contribution < -0.4 is 0 Å². The number of hydrogen-bond donors (Lipinski definition) is 0. The van der Waals surface area contributed by atoms with Gasteiger partial charge in [0.05, 0.1) is 0 Å². The van der Waals surface area contributed by atoms with Crippen molar-refractivity contribution in [1.29, 1.82) is 0 Å². The molecule has 1 aliphatic heterocycles. The molecule has 1 rings (SSSR count). The van der Waals surface area contributed by atoms with Crippen LogP contribution in [0.4, 0.5) is 0 Å². The summed E-state index contributed by atoms with van der Waals surface area (Å²) in [6.45, 7) is 5.96. The van der Waals surface area contributed by atoms with Crippen molar-refractivity contribution >= 4 is 7.72 Å². The average Bonchev–Trinajstić information content (AvgIpc) is 1.65. The summed E-state index contributed by atoms with van der Waals surface area (Å²) < 4.78 is 10.8. The van der Waals surface area contributed by atoms with Gasteiger partial charge in [-0.1, -0.05) is 0 Å². The van der Waals surface area contributed by atoms with Crippen LogP contribution in [0.5, 0.6) is 0 Å². The Morgan fingerprint density at radius 1 is 1.12 bits per heavy atom. The summed E-state index contributed by atoms with van der Waals surface area (Å²) in [7, 11) is -1.59. The average molecular weight is 136 g/mol. The van der Waals surface area contributed by atoms with Gasteiger partial charge in [-0.15, -0.1) is 0 Å². The van der Waals surface area contributed by atoms with E-state index in [-0.39, 0.29) is 0 Å². The molecule has 0 amide bonds. The van der Waals surface area contributed by atoms with Gasteiger partial charge in [0.2, 0.25) is 0 Å². The second-order valence-corrected chi connectivity index (χ2v) is 5.83. The van der Waals surface area contributed by atoms with Crippen molar-refractivity contribution < 1.29 is 9.05 Å². The number of rotatable bonds is 0. The van der Waals surface area contributed by atoms with Gasteiger partial charge < -0.3 is 0 Å². The third-order valence-corrected chi connectivity index (χ3v) is 2.99. The Balaban J connectivity index is 2.33. The van der Waals surface area contributed by atoms with Crippen LogP contribution in [-0.2, 0) is 9.05 Å². The first kappa shape index (κ1) is 6.47. The van der Waals surface area contributed by atoms with E-state index in [1.54, 1.807) is 0 Å². The first-order chi connectivity index (χ1) is 3.71. The van der Waals surface area contributed by atoms with E-state index >= 15 is 0 Å². The van der Waals surface area contributed by atoms with Gasteiger partial charge in [-0.05, 0) is 0 Å². The Labute approximate surface area is 50.7 Å². The molecule has 0 bridgehead atoms. The Kier molecular flexibility index (Phi) is 1.86. The van der Waals surface area contributed by atoms with Crippen molar-refractivity contribution in [3.63, 3.8) is 0 Å². The Bertz CT molecular complexity index is 74.5. The van der Waals surface area contributed by atoms with Gasteiger partial charge in [-0.25, -0.2) is 0 Å². The fourth-order valence-corrected chi connectivity index (χ4v) is 2.09. The van der Waals surface area contributed by atoms with Crippen molar-refractivity contribution in [3.05, 3.63) is 0 Å². The van der Waals surface area contributed by atoms with Gasteiger partial charge >= 0.3 is 49.7 Å². The Morgan fingerprint density at radius 2 is 1.62 bits per heavy atom. The molecular weight excluding hydrogens is 123 g/mol. The molecule has 0 saturated carbocycles. The monoisotopic (exact) mass is 136 g/mol. The summed E-state index contributed by atoms with van der Waals surface area (Å²) in [5.74, 6) is 0. The zero-order valence-corrected chi connectivity index (χ0v) is 6.44. The van der Waals surface area contributed by atoms with Crippen LogP contribution >= 0.6 is 7.72 Å². The molecule has 1 heterocycles. The molecule has 3 heteroatoms. The van der Waals surface area contributed by atoms with E-state index in [0.717, 1.165) is 19.6 Å². The summed E-state index contributed by atoms with van der Waals surface area (Å²) in [5.41, 5.74) is 0. The maximum atomic E-state index is 5.38. The van der Waals surface area contributed by atoms with Crippen molar-refractivity contribution in [1.82, 2.24) is 0 Å². The summed E-state index contributed by atoms with van der Waals surface area (Å²) in [4.78, 5) is 0. The minimum absolute atomic E-state index is 0.902. The van der Waals surface area contributed by atoms with E-state index in [0.29, 0.717) is 0 Å². The second kappa shape index (κ2) is 2.30. The molecule has 0 N–H and O–H groups in total. The summed E-state index contributed by atoms with van der Waals surface area (Å²) in [6, 6.07) is 0. The van der Waals surface area contributed by atoms with Crippen molar-refractivity contribution in [3.8, 4) is 0 Å². The van der Waals surface area contributed by atoms with E-state index in [2.05, 4.69) is 13.3 Å². The van der Waals surface area contributed by atoms with E-state index in [1.807, 2.05) is 0 Å². The standard InChI is InChI=1S/C5H13O2P/c1-8(2)6-4-3-5-7-8/h8H,3-5H2,1-2H3. The van der Waals surface area contributed by atoms with Gasteiger partial charge in [0.1, 0.15) is 0 Å². The molecule has 0 aromatic rings. The predicted octanol–water partition coefficient (Wildman–Crippen LogP) is 1.26. The molecule has 1 saturated heterocycles. The van der Waals surface area contributed by atoms with E-state index < -0.39 is 7.72 Å². The third kappa shape index (κ3) is 1.70. The molecule has 1 fully saturated rings. The first-order valence-corrected chi connectivity index (χ1v) is 5.80. The SMILES string of the molecule is C[PH]1(C)OCCCO1. The van der Waals surface area contributed by atoms with Crippen LogP contribution in [0.15, 0.2) is 0 Å². The zero-order valence-electron chi connectivity index (χ0n) is 5.44. The summed E-state index contributed by atoms with van der Waals surface area (Å²) >= 11 is 0. The topological polar surface area (TPSA) is 18.5 Å². The molecule has 2 nitrogen and oxygen atoms in total. The van der Waals surface area contributed by atoms with Gasteiger partial charge in [0, 0.05) is 0 Å². The van der Waals surface area contributed by atoms with Crippen LogP contribution in [0.3, 0.4) is 0 Å². The minimum atomic E-state index is -1.59. The van der Waals surface area contributed by atoms with Crippen LogP contribution in [0.25, 0.3) is 0 Å². The summed E-state index contributed by atoms with van der Waals surface area (Å²) in [6.07, 6.45) is 1.07. The molecule has 0 aliphatic carbocycles. The zero-order chi connectivity index (χ0) is 6.04. The van der Waals surface area contributed by atoms with Crippen LogP contribution in [0, 0.1) is 0 Å². The molecule has 0 aromatic heterocycles. The molecule has 0 radical (unpaired) electrons. The van der Waals surface area contributed by atoms with Crippen LogP contribution in [0.1, 0.15) is 6.42 Å². The molecule has 8 heavy (non-hydrogen) atoms.